The van der Waals surface area contributed by atoms with E-state index in [-0.39, 0.29) is 11.0 Å². The molecule has 0 aromatic carbocycles. The first-order chi connectivity index (χ1) is 5.58. The van der Waals surface area contributed by atoms with Gasteiger partial charge in [0.25, 0.3) is 8.32 Å². The van der Waals surface area contributed by atoms with E-state index < -0.39 is 14.4 Å². The minimum absolute atomic E-state index is 0.0531. The first-order valence-corrected chi connectivity index (χ1v) is 7.47. The van der Waals surface area contributed by atoms with Crippen LogP contribution >= 0.6 is 0 Å². The average Bonchev–Trinajstić information content (AvgIpc) is 1.83. The molecule has 0 aliphatic rings. The Bertz CT molecular complexity index is 194. The Morgan fingerprint density at radius 1 is 1.38 bits per heavy atom. The SMILES string of the molecule is C[C@H](N)C(=O)O[Si](C)(C)C(C)(C)C. The molecular weight excluding hydrogens is 182 g/mol. The van der Waals surface area contributed by atoms with Gasteiger partial charge in [-0.15, -0.1) is 0 Å². The lowest BCUT2D eigenvalue weighted by atomic mass is 10.2. The molecule has 0 rings (SSSR count). The summed E-state index contributed by atoms with van der Waals surface area (Å²) in [5.74, 6) is -0.286. The second-order valence-corrected chi connectivity index (χ2v) is 9.69. The highest BCUT2D eigenvalue weighted by Gasteiger charge is 2.40. The van der Waals surface area contributed by atoms with Gasteiger partial charge in [0.1, 0.15) is 0 Å². The van der Waals surface area contributed by atoms with Gasteiger partial charge in [0.2, 0.25) is 0 Å². The second-order valence-electron chi connectivity index (χ2n) is 4.97. The highest BCUT2D eigenvalue weighted by Crippen LogP contribution is 2.36. The van der Waals surface area contributed by atoms with E-state index in [4.69, 9.17) is 10.2 Å². The molecule has 0 spiro atoms. The van der Waals surface area contributed by atoms with E-state index >= 15 is 0 Å². The van der Waals surface area contributed by atoms with Gasteiger partial charge in [0.05, 0.1) is 6.04 Å². The minimum atomic E-state index is -1.96. The van der Waals surface area contributed by atoms with Crippen LogP contribution in [0.1, 0.15) is 27.7 Å². The van der Waals surface area contributed by atoms with Crippen molar-refractivity contribution in [2.45, 2.75) is 51.9 Å². The molecule has 0 heterocycles. The standard InChI is InChI=1S/C9H21NO2Si/c1-7(10)8(11)12-13(5,6)9(2,3)4/h7H,10H2,1-6H3/t7-/m0/s1. The van der Waals surface area contributed by atoms with Crippen LogP contribution in [-0.2, 0) is 9.22 Å². The van der Waals surface area contributed by atoms with E-state index in [9.17, 15) is 4.79 Å². The van der Waals surface area contributed by atoms with Crippen molar-refractivity contribution in [3.8, 4) is 0 Å². The fourth-order valence-corrected chi connectivity index (χ4v) is 1.49. The van der Waals surface area contributed by atoms with Gasteiger partial charge in [-0.25, -0.2) is 0 Å². The van der Waals surface area contributed by atoms with E-state index in [0.717, 1.165) is 0 Å². The Balaban J connectivity index is 4.44. The Kier molecular flexibility index (Phi) is 3.69. The van der Waals surface area contributed by atoms with Crippen LogP contribution in [0, 0.1) is 0 Å². The third-order valence-electron chi connectivity index (χ3n) is 2.53. The molecule has 4 heteroatoms. The van der Waals surface area contributed by atoms with Crippen molar-refractivity contribution in [1.82, 2.24) is 0 Å². The van der Waals surface area contributed by atoms with Gasteiger partial charge in [-0.05, 0) is 25.1 Å². The zero-order valence-corrected chi connectivity index (χ0v) is 10.5. The quantitative estimate of drug-likeness (QED) is 0.697. The number of carbonyl (C=O) groups excluding carboxylic acids is 1. The maximum atomic E-state index is 11.3. The van der Waals surface area contributed by atoms with Gasteiger partial charge >= 0.3 is 5.97 Å². The van der Waals surface area contributed by atoms with Crippen molar-refractivity contribution >= 4 is 14.3 Å². The number of hydrogen-bond donors (Lipinski definition) is 1. The topological polar surface area (TPSA) is 52.3 Å². The van der Waals surface area contributed by atoms with Crippen molar-refractivity contribution < 1.29 is 9.22 Å². The van der Waals surface area contributed by atoms with E-state index in [1.54, 1.807) is 6.92 Å². The van der Waals surface area contributed by atoms with Crippen LogP contribution in [0.15, 0.2) is 0 Å². The maximum Gasteiger partial charge on any atom is 0.309 e. The number of nitrogens with two attached hydrogens (primary N) is 1. The molecule has 3 nitrogen and oxygen atoms in total. The van der Waals surface area contributed by atoms with Gasteiger partial charge in [-0.2, -0.15) is 0 Å². The first-order valence-electron chi connectivity index (χ1n) is 4.56. The van der Waals surface area contributed by atoms with Crippen LogP contribution < -0.4 is 5.73 Å². The van der Waals surface area contributed by atoms with Crippen molar-refractivity contribution in [2.75, 3.05) is 0 Å². The summed E-state index contributed by atoms with van der Waals surface area (Å²) in [5, 5.41) is 0.0531. The van der Waals surface area contributed by atoms with Gasteiger partial charge in [-0.1, -0.05) is 20.8 Å². The molecular formula is C9H21NO2Si. The van der Waals surface area contributed by atoms with Crippen molar-refractivity contribution in [2.24, 2.45) is 5.73 Å². The summed E-state index contributed by atoms with van der Waals surface area (Å²) in [4.78, 5) is 11.3. The Hall–Kier alpha value is -0.353. The molecule has 0 aliphatic heterocycles. The van der Waals surface area contributed by atoms with Crippen molar-refractivity contribution in [3.05, 3.63) is 0 Å². The van der Waals surface area contributed by atoms with Gasteiger partial charge in [0, 0.05) is 0 Å². The molecule has 0 saturated heterocycles. The van der Waals surface area contributed by atoms with Crippen molar-refractivity contribution in [3.63, 3.8) is 0 Å². The summed E-state index contributed by atoms with van der Waals surface area (Å²) in [6.45, 7) is 12.0. The van der Waals surface area contributed by atoms with Gasteiger partial charge in [0.15, 0.2) is 0 Å². The Labute approximate surface area is 81.8 Å². The first kappa shape index (κ1) is 12.6. The van der Waals surface area contributed by atoms with Crippen LogP contribution in [0.2, 0.25) is 18.1 Å². The van der Waals surface area contributed by atoms with Crippen molar-refractivity contribution in [1.29, 1.82) is 0 Å². The van der Waals surface area contributed by atoms with E-state index in [1.165, 1.54) is 0 Å². The van der Waals surface area contributed by atoms with Crippen LogP contribution in [0.4, 0.5) is 0 Å². The summed E-state index contributed by atoms with van der Waals surface area (Å²) in [6, 6.07) is -0.519. The Morgan fingerprint density at radius 3 is 2.00 bits per heavy atom. The van der Waals surface area contributed by atoms with Crippen LogP contribution in [0.5, 0.6) is 0 Å². The summed E-state index contributed by atoms with van der Waals surface area (Å²) < 4.78 is 5.44. The maximum absolute atomic E-state index is 11.3. The number of rotatable bonds is 2. The van der Waals surface area contributed by atoms with E-state index in [0.29, 0.717) is 0 Å². The molecule has 0 aromatic rings. The molecule has 1 atom stereocenters. The molecule has 13 heavy (non-hydrogen) atoms. The number of hydrogen-bond acceptors (Lipinski definition) is 3. The highest BCUT2D eigenvalue weighted by molar-refractivity contribution is 6.75. The third kappa shape index (κ3) is 3.48. The van der Waals surface area contributed by atoms with Crippen LogP contribution in [0.25, 0.3) is 0 Å². The fourth-order valence-electron chi connectivity index (χ4n) is 0.498. The lowest BCUT2D eigenvalue weighted by Crippen LogP contribution is -2.46. The van der Waals surface area contributed by atoms with Crippen LogP contribution in [-0.4, -0.2) is 20.3 Å². The predicted molar refractivity (Wildman–Crippen MR) is 56.9 cm³/mol. The molecule has 0 aliphatic carbocycles. The average molecular weight is 203 g/mol. The molecule has 0 unspecified atom stereocenters. The molecule has 2 N–H and O–H groups in total. The minimum Gasteiger partial charge on any atom is -0.518 e. The molecule has 78 valence electrons. The predicted octanol–water partition coefficient (Wildman–Crippen LogP) is 1.88. The summed E-state index contributed by atoms with van der Waals surface area (Å²) in [6.07, 6.45) is 0. The van der Waals surface area contributed by atoms with Gasteiger partial charge in [-0.3, -0.25) is 4.79 Å². The molecule has 0 aromatic heterocycles. The smallest absolute Gasteiger partial charge is 0.309 e. The summed E-state index contributed by atoms with van der Waals surface area (Å²) in [7, 11) is -1.96. The third-order valence-corrected chi connectivity index (χ3v) is 6.86. The van der Waals surface area contributed by atoms with E-state index in [1.807, 2.05) is 13.1 Å². The number of carbonyl (C=O) groups is 1. The normalized spacial score (nSPS) is 15.3. The van der Waals surface area contributed by atoms with Crippen LogP contribution in [0.3, 0.4) is 0 Å². The highest BCUT2D eigenvalue weighted by atomic mass is 28.4. The molecule has 0 radical (unpaired) electrons. The molecule has 0 saturated carbocycles. The zero-order chi connectivity index (χ0) is 10.9. The summed E-state index contributed by atoms with van der Waals surface area (Å²) >= 11 is 0. The monoisotopic (exact) mass is 203 g/mol. The zero-order valence-electron chi connectivity index (χ0n) is 9.47. The largest absolute Gasteiger partial charge is 0.518 e. The van der Waals surface area contributed by atoms with Gasteiger partial charge < -0.3 is 10.2 Å². The summed E-state index contributed by atoms with van der Waals surface area (Å²) in [5.41, 5.74) is 5.43. The fraction of sp³-hybridized carbons (Fsp3) is 0.889. The van der Waals surface area contributed by atoms with E-state index in [2.05, 4.69) is 20.8 Å². The second kappa shape index (κ2) is 3.80. The molecule has 0 amide bonds. The Morgan fingerprint density at radius 2 is 1.77 bits per heavy atom. The molecule has 0 fully saturated rings. The lowest BCUT2D eigenvalue weighted by Gasteiger charge is -2.35. The lowest BCUT2D eigenvalue weighted by molar-refractivity contribution is -0.136. The molecule has 0 bridgehead atoms.